The van der Waals surface area contributed by atoms with E-state index in [9.17, 15) is 8.42 Å². The molecule has 25 heavy (non-hydrogen) atoms. The summed E-state index contributed by atoms with van der Waals surface area (Å²) in [7, 11) is -3.31. The van der Waals surface area contributed by atoms with Crippen LogP contribution >= 0.6 is 11.3 Å². The second kappa shape index (κ2) is 6.88. The van der Waals surface area contributed by atoms with Gasteiger partial charge in [-0.2, -0.15) is 4.31 Å². The fourth-order valence-electron chi connectivity index (χ4n) is 3.47. The SMILES string of the molecule is O=S(=O)(c1cccs1)N1CC[NH+](Cc2cccc3ccccc23)CC1. The van der Waals surface area contributed by atoms with Crippen LogP contribution in [0.3, 0.4) is 0 Å². The molecule has 3 aromatic rings. The summed E-state index contributed by atoms with van der Waals surface area (Å²) in [5.41, 5.74) is 1.34. The van der Waals surface area contributed by atoms with E-state index in [1.165, 1.54) is 32.6 Å². The molecular formula is C19H21N2O2S2+. The Bertz CT molecular complexity index is 955. The number of piperazine rings is 1. The lowest BCUT2D eigenvalue weighted by molar-refractivity contribution is -0.917. The molecule has 0 saturated carbocycles. The minimum atomic E-state index is -3.31. The Morgan fingerprint density at radius 2 is 1.72 bits per heavy atom. The van der Waals surface area contributed by atoms with Crippen LogP contribution in [0.25, 0.3) is 10.8 Å². The topological polar surface area (TPSA) is 41.8 Å². The van der Waals surface area contributed by atoms with Crippen LogP contribution in [0, 0.1) is 0 Å². The van der Waals surface area contributed by atoms with Gasteiger partial charge in [0.15, 0.2) is 0 Å². The quantitative estimate of drug-likeness (QED) is 0.760. The van der Waals surface area contributed by atoms with E-state index in [1.807, 2.05) is 5.38 Å². The first-order chi connectivity index (χ1) is 12.1. The van der Waals surface area contributed by atoms with Crippen LogP contribution < -0.4 is 4.90 Å². The molecule has 0 unspecified atom stereocenters. The molecule has 4 rings (SSSR count). The lowest BCUT2D eigenvalue weighted by Crippen LogP contribution is -3.13. The third-order valence-corrected chi connectivity index (χ3v) is 8.11. The van der Waals surface area contributed by atoms with Crippen molar-refractivity contribution < 1.29 is 13.3 Å². The fraction of sp³-hybridized carbons (Fsp3) is 0.263. The zero-order valence-corrected chi connectivity index (χ0v) is 15.5. The Balaban J connectivity index is 1.46. The monoisotopic (exact) mass is 373 g/mol. The van der Waals surface area contributed by atoms with E-state index in [1.54, 1.807) is 16.4 Å². The molecule has 1 N–H and O–H groups in total. The van der Waals surface area contributed by atoms with Gasteiger partial charge < -0.3 is 4.90 Å². The normalized spacial score (nSPS) is 17.1. The van der Waals surface area contributed by atoms with Crippen LogP contribution in [0.4, 0.5) is 0 Å². The molecule has 0 radical (unpaired) electrons. The highest BCUT2D eigenvalue weighted by Crippen LogP contribution is 2.21. The molecule has 2 aromatic carbocycles. The summed E-state index contributed by atoms with van der Waals surface area (Å²) in [6.45, 7) is 3.79. The molecule has 1 aliphatic heterocycles. The van der Waals surface area contributed by atoms with Crippen molar-refractivity contribution in [3.63, 3.8) is 0 Å². The second-order valence-corrected chi connectivity index (χ2v) is 9.51. The largest absolute Gasteiger partial charge is 0.329 e. The van der Waals surface area contributed by atoms with Gasteiger partial charge in [-0.1, -0.05) is 48.5 Å². The maximum Gasteiger partial charge on any atom is 0.252 e. The van der Waals surface area contributed by atoms with E-state index < -0.39 is 10.0 Å². The van der Waals surface area contributed by atoms with Crippen LogP contribution in [-0.2, 0) is 16.6 Å². The van der Waals surface area contributed by atoms with Crippen molar-refractivity contribution in [3.8, 4) is 0 Å². The minimum absolute atomic E-state index is 0.449. The second-order valence-electron chi connectivity index (χ2n) is 6.40. The van der Waals surface area contributed by atoms with Crippen molar-refractivity contribution in [2.45, 2.75) is 10.8 Å². The molecule has 4 nitrogen and oxygen atoms in total. The number of rotatable bonds is 4. The predicted octanol–water partition coefficient (Wildman–Crippen LogP) is 1.99. The van der Waals surface area contributed by atoms with Gasteiger partial charge in [0.2, 0.25) is 0 Å². The molecule has 1 aliphatic rings. The number of benzene rings is 2. The number of nitrogens with zero attached hydrogens (tertiary/aromatic N) is 1. The zero-order chi connectivity index (χ0) is 17.3. The van der Waals surface area contributed by atoms with E-state index in [4.69, 9.17) is 0 Å². The van der Waals surface area contributed by atoms with Crippen LogP contribution in [-0.4, -0.2) is 38.9 Å². The van der Waals surface area contributed by atoms with E-state index in [0.717, 1.165) is 19.6 Å². The van der Waals surface area contributed by atoms with E-state index in [2.05, 4.69) is 42.5 Å². The molecule has 0 atom stereocenters. The van der Waals surface area contributed by atoms with E-state index >= 15 is 0 Å². The van der Waals surface area contributed by atoms with Crippen molar-refractivity contribution in [2.75, 3.05) is 26.2 Å². The number of hydrogen-bond donors (Lipinski definition) is 1. The molecule has 2 heterocycles. The first-order valence-corrected chi connectivity index (χ1v) is 10.8. The highest BCUT2D eigenvalue weighted by molar-refractivity contribution is 7.91. The van der Waals surface area contributed by atoms with Gasteiger partial charge in [0.05, 0.1) is 26.2 Å². The summed E-state index contributed by atoms with van der Waals surface area (Å²) in [4.78, 5) is 1.44. The highest BCUT2D eigenvalue weighted by Gasteiger charge is 2.31. The maximum atomic E-state index is 12.6. The standard InChI is InChI=1S/C19H20N2O2S2/c22-25(23,19-9-4-14-24-19)21-12-10-20(11-13-21)15-17-7-3-6-16-5-1-2-8-18(16)17/h1-9,14H,10-13,15H2/p+1. The van der Waals surface area contributed by atoms with Crippen molar-refractivity contribution in [3.05, 3.63) is 65.5 Å². The summed E-state index contributed by atoms with van der Waals surface area (Å²) in [5, 5.41) is 4.37. The average molecular weight is 374 g/mol. The van der Waals surface area contributed by atoms with Gasteiger partial charge >= 0.3 is 0 Å². The van der Waals surface area contributed by atoms with Crippen molar-refractivity contribution in [1.29, 1.82) is 0 Å². The number of thiophene rings is 1. The first kappa shape index (κ1) is 16.7. The molecular weight excluding hydrogens is 352 g/mol. The summed E-state index contributed by atoms with van der Waals surface area (Å²) >= 11 is 1.29. The maximum absolute atomic E-state index is 12.6. The molecule has 0 spiro atoms. The van der Waals surface area contributed by atoms with Crippen LogP contribution in [0.1, 0.15) is 5.56 Å². The summed E-state index contributed by atoms with van der Waals surface area (Å²) in [6, 6.07) is 18.4. The Morgan fingerprint density at radius 1 is 0.960 bits per heavy atom. The molecule has 6 heteroatoms. The third kappa shape index (κ3) is 3.35. The molecule has 0 aliphatic carbocycles. The van der Waals surface area contributed by atoms with Crippen LogP contribution in [0.15, 0.2) is 64.2 Å². The fourth-order valence-corrected chi connectivity index (χ4v) is 6.06. The Hall–Kier alpha value is -1.73. The smallest absolute Gasteiger partial charge is 0.252 e. The number of fused-ring (bicyclic) bond motifs is 1. The molecule has 1 saturated heterocycles. The summed E-state index contributed by atoms with van der Waals surface area (Å²) in [5.74, 6) is 0. The lowest BCUT2D eigenvalue weighted by atomic mass is 10.0. The molecule has 130 valence electrons. The van der Waals surface area contributed by atoms with E-state index in [-0.39, 0.29) is 0 Å². The highest BCUT2D eigenvalue weighted by atomic mass is 32.2. The van der Waals surface area contributed by atoms with Gasteiger partial charge in [0.1, 0.15) is 10.8 Å². The minimum Gasteiger partial charge on any atom is -0.329 e. The number of hydrogen-bond acceptors (Lipinski definition) is 3. The Morgan fingerprint density at radius 3 is 2.48 bits per heavy atom. The Kier molecular flexibility index (Phi) is 4.60. The number of quaternary nitrogens is 1. The van der Waals surface area contributed by atoms with Crippen molar-refractivity contribution in [2.24, 2.45) is 0 Å². The first-order valence-electron chi connectivity index (χ1n) is 8.48. The zero-order valence-electron chi connectivity index (χ0n) is 13.9. The number of nitrogens with one attached hydrogen (secondary N) is 1. The molecule has 0 amide bonds. The summed E-state index contributed by atoms with van der Waals surface area (Å²) < 4.78 is 27.3. The van der Waals surface area contributed by atoms with Crippen LogP contribution in [0.2, 0.25) is 0 Å². The van der Waals surface area contributed by atoms with Gasteiger partial charge in [0, 0.05) is 5.56 Å². The predicted molar refractivity (Wildman–Crippen MR) is 101 cm³/mol. The van der Waals surface area contributed by atoms with E-state index in [0.29, 0.717) is 17.3 Å². The average Bonchev–Trinajstić information content (AvgIpc) is 3.18. The molecule has 1 fully saturated rings. The van der Waals surface area contributed by atoms with Crippen molar-refractivity contribution >= 4 is 32.1 Å². The van der Waals surface area contributed by atoms with Gasteiger partial charge in [-0.05, 0) is 22.2 Å². The molecule has 0 bridgehead atoms. The summed E-state index contributed by atoms with van der Waals surface area (Å²) in [6.07, 6.45) is 0. The van der Waals surface area contributed by atoms with Gasteiger partial charge in [-0.3, -0.25) is 0 Å². The van der Waals surface area contributed by atoms with Gasteiger partial charge in [0.25, 0.3) is 10.0 Å². The Labute approximate surface area is 152 Å². The lowest BCUT2D eigenvalue weighted by Gasteiger charge is -2.31. The van der Waals surface area contributed by atoms with Gasteiger partial charge in [-0.25, -0.2) is 8.42 Å². The third-order valence-electron chi connectivity index (χ3n) is 4.84. The van der Waals surface area contributed by atoms with Crippen LogP contribution in [0.5, 0.6) is 0 Å². The van der Waals surface area contributed by atoms with Gasteiger partial charge in [-0.15, -0.1) is 11.3 Å². The number of sulfonamides is 1. The van der Waals surface area contributed by atoms with Crippen molar-refractivity contribution in [1.82, 2.24) is 4.31 Å². The molecule has 1 aromatic heterocycles.